The molecule has 4 nitrogen and oxygen atoms in total. The molecule has 2 aromatic rings. The summed E-state index contributed by atoms with van der Waals surface area (Å²) in [6.07, 6.45) is 0. The number of nitrogens with zero attached hydrogens (tertiary/aromatic N) is 3. The normalized spacial score (nSPS) is 10.8. The van der Waals surface area contributed by atoms with E-state index in [-0.39, 0.29) is 10.4 Å². The third kappa shape index (κ3) is 3.78. The summed E-state index contributed by atoms with van der Waals surface area (Å²) < 4.78 is 0. The molecular formula is C13H14Cl2N4. The molecule has 0 aliphatic heterocycles. The van der Waals surface area contributed by atoms with Crippen LogP contribution in [-0.2, 0) is 6.54 Å². The molecule has 0 saturated heterocycles. The highest BCUT2D eigenvalue weighted by molar-refractivity contribution is 6.32. The van der Waals surface area contributed by atoms with Gasteiger partial charge >= 0.3 is 0 Å². The Balaban J connectivity index is 2.04. The van der Waals surface area contributed by atoms with Gasteiger partial charge in [-0.1, -0.05) is 49.7 Å². The SMILES string of the molecule is CC(C)c1ccc(CNc2nc(Cl)nnc2Cl)cc1. The average molecular weight is 297 g/mol. The second-order valence-electron chi connectivity index (χ2n) is 4.47. The van der Waals surface area contributed by atoms with Crippen molar-refractivity contribution in [1.29, 1.82) is 0 Å². The van der Waals surface area contributed by atoms with Crippen LogP contribution in [-0.4, -0.2) is 15.2 Å². The molecule has 0 fully saturated rings. The number of aromatic nitrogens is 3. The average Bonchev–Trinajstić information content (AvgIpc) is 2.40. The summed E-state index contributed by atoms with van der Waals surface area (Å²) in [6, 6.07) is 8.39. The second kappa shape index (κ2) is 6.17. The Labute approximate surface area is 122 Å². The van der Waals surface area contributed by atoms with Crippen LogP contribution in [0.2, 0.25) is 10.4 Å². The number of hydrogen-bond donors (Lipinski definition) is 1. The fraction of sp³-hybridized carbons (Fsp3) is 0.308. The quantitative estimate of drug-likeness (QED) is 0.929. The van der Waals surface area contributed by atoms with E-state index < -0.39 is 0 Å². The zero-order valence-corrected chi connectivity index (χ0v) is 12.2. The van der Waals surface area contributed by atoms with E-state index in [4.69, 9.17) is 23.2 Å². The van der Waals surface area contributed by atoms with Gasteiger partial charge < -0.3 is 5.32 Å². The molecule has 1 N–H and O–H groups in total. The molecule has 1 heterocycles. The van der Waals surface area contributed by atoms with Gasteiger partial charge in [-0.15, -0.1) is 10.2 Å². The molecule has 6 heteroatoms. The number of hydrogen-bond acceptors (Lipinski definition) is 4. The Hall–Kier alpha value is -1.39. The van der Waals surface area contributed by atoms with Crippen LogP contribution in [0.5, 0.6) is 0 Å². The highest BCUT2D eigenvalue weighted by Gasteiger charge is 2.05. The predicted octanol–water partition coefficient (Wildman–Crippen LogP) is 3.91. The topological polar surface area (TPSA) is 50.7 Å². The summed E-state index contributed by atoms with van der Waals surface area (Å²) in [5.41, 5.74) is 2.45. The fourth-order valence-corrected chi connectivity index (χ4v) is 1.88. The first kappa shape index (κ1) is 14.0. The van der Waals surface area contributed by atoms with Gasteiger partial charge in [0, 0.05) is 6.54 Å². The van der Waals surface area contributed by atoms with Crippen molar-refractivity contribution in [3.63, 3.8) is 0 Å². The lowest BCUT2D eigenvalue weighted by molar-refractivity contribution is 0.865. The Morgan fingerprint density at radius 2 is 1.79 bits per heavy atom. The van der Waals surface area contributed by atoms with Crippen molar-refractivity contribution < 1.29 is 0 Å². The third-order valence-electron chi connectivity index (χ3n) is 2.73. The van der Waals surface area contributed by atoms with Crippen LogP contribution in [0, 0.1) is 0 Å². The highest BCUT2D eigenvalue weighted by atomic mass is 35.5. The lowest BCUT2D eigenvalue weighted by atomic mass is 10.0. The minimum Gasteiger partial charge on any atom is -0.363 e. The molecule has 0 bridgehead atoms. The van der Waals surface area contributed by atoms with Gasteiger partial charge in [-0.05, 0) is 28.6 Å². The molecule has 0 amide bonds. The van der Waals surface area contributed by atoms with Crippen molar-refractivity contribution in [2.75, 3.05) is 5.32 Å². The highest BCUT2D eigenvalue weighted by Crippen LogP contribution is 2.18. The Morgan fingerprint density at radius 3 is 2.42 bits per heavy atom. The maximum Gasteiger partial charge on any atom is 0.245 e. The molecule has 1 aromatic carbocycles. The molecule has 1 aromatic heterocycles. The molecule has 0 aliphatic carbocycles. The Bertz CT molecular complexity index is 555. The number of halogens is 2. The van der Waals surface area contributed by atoms with Crippen molar-refractivity contribution in [3.05, 3.63) is 45.8 Å². The van der Waals surface area contributed by atoms with Crippen LogP contribution in [0.25, 0.3) is 0 Å². The summed E-state index contributed by atoms with van der Waals surface area (Å²) in [5, 5.41) is 10.6. The maximum absolute atomic E-state index is 5.87. The number of benzene rings is 1. The van der Waals surface area contributed by atoms with E-state index in [1.165, 1.54) is 5.56 Å². The minimum absolute atomic E-state index is 0.0713. The molecule has 2 rings (SSSR count). The zero-order valence-electron chi connectivity index (χ0n) is 10.7. The fourth-order valence-electron chi connectivity index (χ4n) is 1.61. The van der Waals surface area contributed by atoms with Crippen LogP contribution in [0.4, 0.5) is 5.82 Å². The van der Waals surface area contributed by atoms with E-state index in [0.29, 0.717) is 18.3 Å². The summed E-state index contributed by atoms with van der Waals surface area (Å²) in [4.78, 5) is 3.98. The van der Waals surface area contributed by atoms with Gasteiger partial charge in [0.25, 0.3) is 0 Å². The monoisotopic (exact) mass is 296 g/mol. The van der Waals surface area contributed by atoms with E-state index >= 15 is 0 Å². The zero-order chi connectivity index (χ0) is 13.8. The van der Waals surface area contributed by atoms with E-state index in [0.717, 1.165) is 5.56 Å². The van der Waals surface area contributed by atoms with Gasteiger partial charge in [-0.25, -0.2) is 0 Å². The van der Waals surface area contributed by atoms with Crippen LogP contribution in [0.15, 0.2) is 24.3 Å². The van der Waals surface area contributed by atoms with Crippen LogP contribution < -0.4 is 5.32 Å². The van der Waals surface area contributed by atoms with Gasteiger partial charge in [0.15, 0.2) is 11.0 Å². The molecule has 0 aliphatic rings. The first-order chi connectivity index (χ1) is 9.06. The van der Waals surface area contributed by atoms with Gasteiger partial charge in [0.05, 0.1) is 0 Å². The van der Waals surface area contributed by atoms with Crippen LogP contribution >= 0.6 is 23.2 Å². The molecule has 19 heavy (non-hydrogen) atoms. The van der Waals surface area contributed by atoms with E-state index in [1.54, 1.807) is 0 Å². The predicted molar refractivity (Wildman–Crippen MR) is 77.7 cm³/mol. The first-order valence-corrected chi connectivity index (χ1v) is 6.70. The molecule has 0 atom stereocenters. The van der Waals surface area contributed by atoms with Crippen molar-refractivity contribution in [3.8, 4) is 0 Å². The number of rotatable bonds is 4. The summed E-state index contributed by atoms with van der Waals surface area (Å²) in [7, 11) is 0. The Morgan fingerprint density at radius 1 is 1.11 bits per heavy atom. The second-order valence-corrected chi connectivity index (χ2v) is 5.17. The van der Waals surface area contributed by atoms with Gasteiger partial charge in [0.1, 0.15) is 0 Å². The van der Waals surface area contributed by atoms with Gasteiger partial charge in [0.2, 0.25) is 5.28 Å². The standard InChI is InChI=1S/C13H14Cl2N4/c1-8(2)10-5-3-9(4-6-10)7-16-12-11(14)18-19-13(15)17-12/h3-6,8H,7H2,1-2H3,(H,16,17,19). The van der Waals surface area contributed by atoms with Gasteiger partial charge in [-0.3, -0.25) is 0 Å². The summed E-state index contributed by atoms with van der Waals surface area (Å²) in [6.45, 7) is 4.94. The summed E-state index contributed by atoms with van der Waals surface area (Å²) >= 11 is 11.5. The molecule has 0 spiro atoms. The number of anilines is 1. The minimum atomic E-state index is 0.0713. The molecule has 0 saturated carbocycles. The van der Waals surface area contributed by atoms with Gasteiger partial charge in [-0.2, -0.15) is 4.98 Å². The van der Waals surface area contributed by atoms with E-state index in [1.807, 2.05) is 0 Å². The smallest absolute Gasteiger partial charge is 0.245 e. The molecule has 0 radical (unpaired) electrons. The van der Waals surface area contributed by atoms with Crippen molar-refractivity contribution in [1.82, 2.24) is 15.2 Å². The van der Waals surface area contributed by atoms with E-state index in [2.05, 4.69) is 58.6 Å². The first-order valence-electron chi connectivity index (χ1n) is 5.94. The molecular weight excluding hydrogens is 283 g/mol. The van der Waals surface area contributed by atoms with Crippen molar-refractivity contribution >= 4 is 29.0 Å². The van der Waals surface area contributed by atoms with Crippen LogP contribution in [0.3, 0.4) is 0 Å². The third-order valence-corrected chi connectivity index (χ3v) is 3.14. The Kier molecular flexibility index (Phi) is 4.56. The lowest BCUT2D eigenvalue weighted by Gasteiger charge is -2.09. The maximum atomic E-state index is 5.87. The van der Waals surface area contributed by atoms with Crippen molar-refractivity contribution in [2.24, 2.45) is 0 Å². The van der Waals surface area contributed by atoms with E-state index in [9.17, 15) is 0 Å². The summed E-state index contributed by atoms with van der Waals surface area (Å²) in [5.74, 6) is 0.968. The largest absolute Gasteiger partial charge is 0.363 e. The lowest BCUT2D eigenvalue weighted by Crippen LogP contribution is -2.04. The van der Waals surface area contributed by atoms with Crippen molar-refractivity contribution in [2.45, 2.75) is 26.3 Å². The van der Waals surface area contributed by atoms with Crippen LogP contribution in [0.1, 0.15) is 30.9 Å². The molecule has 0 unspecified atom stereocenters. The molecule has 100 valence electrons. The number of nitrogens with one attached hydrogen (secondary N) is 1.